The van der Waals surface area contributed by atoms with Crippen LogP contribution in [-0.2, 0) is 5.60 Å². The Kier molecular flexibility index (Phi) is 3.30. The first kappa shape index (κ1) is 13.8. The van der Waals surface area contributed by atoms with Crippen molar-refractivity contribution in [3.63, 3.8) is 0 Å². The Morgan fingerprint density at radius 2 is 1.81 bits per heavy atom. The third-order valence-electron chi connectivity index (χ3n) is 4.18. The molecule has 3 aromatic rings. The van der Waals surface area contributed by atoms with Crippen LogP contribution in [0.5, 0.6) is 0 Å². The number of aliphatic hydroxyl groups is 1. The second-order valence-corrected chi connectivity index (χ2v) is 5.95. The number of rotatable bonds is 3. The zero-order valence-electron chi connectivity index (χ0n) is 12.6. The smallest absolute Gasteiger partial charge is 0.133 e. The van der Waals surface area contributed by atoms with E-state index in [4.69, 9.17) is 0 Å². The molecular weight excluding hydrogens is 260 g/mol. The number of aromatic amines is 1. The van der Waals surface area contributed by atoms with Gasteiger partial charge in [0.05, 0.1) is 18.2 Å². The summed E-state index contributed by atoms with van der Waals surface area (Å²) in [5.41, 5.74) is 1.79. The molecule has 3 rings (SSSR count). The van der Waals surface area contributed by atoms with Crippen LogP contribution in [-0.4, -0.2) is 15.1 Å². The zero-order valence-corrected chi connectivity index (χ0v) is 12.6. The highest BCUT2D eigenvalue weighted by Crippen LogP contribution is 2.36. The summed E-state index contributed by atoms with van der Waals surface area (Å²) in [6.07, 6.45) is 3.30. The summed E-state index contributed by atoms with van der Waals surface area (Å²) in [5.74, 6) is 0.0286. The lowest BCUT2D eigenvalue weighted by Gasteiger charge is -2.32. The molecule has 0 saturated carbocycles. The van der Waals surface area contributed by atoms with Crippen molar-refractivity contribution in [1.29, 1.82) is 0 Å². The summed E-state index contributed by atoms with van der Waals surface area (Å²) in [4.78, 5) is 7.11. The number of imidazole rings is 1. The number of fused-ring (bicyclic) bond motifs is 1. The molecule has 0 bridgehead atoms. The Bertz CT molecular complexity index is 762. The maximum atomic E-state index is 11.3. The van der Waals surface area contributed by atoms with Crippen LogP contribution in [0.1, 0.15) is 30.7 Å². The summed E-state index contributed by atoms with van der Waals surface area (Å²) in [5, 5.41) is 13.6. The SMILES string of the molecule is Cc1ccc2cc([C@](O)(c3cnc[nH]3)C(C)C)ccc2c1. The quantitative estimate of drug-likeness (QED) is 0.767. The third-order valence-corrected chi connectivity index (χ3v) is 4.18. The van der Waals surface area contributed by atoms with Crippen molar-refractivity contribution >= 4 is 10.8 Å². The van der Waals surface area contributed by atoms with E-state index in [9.17, 15) is 5.11 Å². The number of benzene rings is 2. The molecule has 0 aliphatic rings. The number of hydrogen-bond donors (Lipinski definition) is 2. The van der Waals surface area contributed by atoms with Gasteiger partial charge >= 0.3 is 0 Å². The van der Waals surface area contributed by atoms with E-state index in [0.29, 0.717) is 0 Å². The van der Waals surface area contributed by atoms with Crippen molar-refractivity contribution in [1.82, 2.24) is 9.97 Å². The molecule has 0 fully saturated rings. The van der Waals surface area contributed by atoms with Gasteiger partial charge in [-0.05, 0) is 35.2 Å². The number of nitrogens with one attached hydrogen (secondary N) is 1. The molecule has 0 radical (unpaired) electrons. The summed E-state index contributed by atoms with van der Waals surface area (Å²) < 4.78 is 0. The first-order valence-electron chi connectivity index (χ1n) is 7.24. The number of nitrogens with zero attached hydrogens (tertiary/aromatic N) is 1. The molecule has 108 valence electrons. The van der Waals surface area contributed by atoms with E-state index in [1.54, 1.807) is 12.5 Å². The molecule has 0 amide bonds. The molecular formula is C18H20N2O. The minimum absolute atomic E-state index is 0.0286. The highest BCUT2D eigenvalue weighted by molar-refractivity contribution is 5.84. The van der Waals surface area contributed by atoms with Crippen LogP contribution in [0, 0.1) is 12.8 Å². The molecule has 0 aliphatic heterocycles. The predicted octanol–water partition coefficient (Wildman–Crippen LogP) is 3.76. The van der Waals surface area contributed by atoms with Gasteiger partial charge in [-0.2, -0.15) is 0 Å². The summed E-state index contributed by atoms with van der Waals surface area (Å²) in [7, 11) is 0. The fraction of sp³-hybridized carbons (Fsp3) is 0.278. The number of aromatic nitrogens is 2. The molecule has 2 aromatic carbocycles. The maximum absolute atomic E-state index is 11.3. The highest BCUT2D eigenvalue weighted by Gasteiger charge is 2.36. The molecule has 0 spiro atoms. The van der Waals surface area contributed by atoms with E-state index in [1.807, 2.05) is 19.9 Å². The Labute approximate surface area is 124 Å². The lowest BCUT2D eigenvalue weighted by Crippen LogP contribution is -2.33. The van der Waals surface area contributed by atoms with Gasteiger partial charge in [-0.15, -0.1) is 0 Å². The maximum Gasteiger partial charge on any atom is 0.133 e. The molecule has 3 nitrogen and oxygen atoms in total. The van der Waals surface area contributed by atoms with Gasteiger partial charge in [0, 0.05) is 0 Å². The first-order valence-corrected chi connectivity index (χ1v) is 7.24. The van der Waals surface area contributed by atoms with Crippen LogP contribution in [0.4, 0.5) is 0 Å². The summed E-state index contributed by atoms with van der Waals surface area (Å²) >= 11 is 0. The van der Waals surface area contributed by atoms with Gasteiger partial charge in [-0.25, -0.2) is 4.98 Å². The normalized spacial score (nSPS) is 14.5. The Morgan fingerprint density at radius 3 is 2.48 bits per heavy atom. The molecule has 21 heavy (non-hydrogen) atoms. The van der Waals surface area contributed by atoms with E-state index in [1.165, 1.54) is 10.9 Å². The van der Waals surface area contributed by atoms with E-state index < -0.39 is 5.60 Å². The largest absolute Gasteiger partial charge is 0.379 e. The molecule has 3 heteroatoms. The predicted molar refractivity (Wildman–Crippen MR) is 85.1 cm³/mol. The topological polar surface area (TPSA) is 48.9 Å². The second kappa shape index (κ2) is 5.01. The van der Waals surface area contributed by atoms with Crippen molar-refractivity contribution in [3.05, 3.63) is 65.7 Å². The molecule has 1 heterocycles. The first-order chi connectivity index (χ1) is 10.0. The minimum atomic E-state index is -1.06. The van der Waals surface area contributed by atoms with Gasteiger partial charge in [-0.3, -0.25) is 0 Å². The van der Waals surface area contributed by atoms with Crippen molar-refractivity contribution in [3.8, 4) is 0 Å². The second-order valence-electron chi connectivity index (χ2n) is 5.95. The molecule has 1 atom stereocenters. The van der Waals surface area contributed by atoms with Crippen LogP contribution < -0.4 is 0 Å². The van der Waals surface area contributed by atoms with Crippen LogP contribution >= 0.6 is 0 Å². The van der Waals surface area contributed by atoms with Crippen LogP contribution in [0.15, 0.2) is 48.9 Å². The van der Waals surface area contributed by atoms with Gasteiger partial charge in [0.2, 0.25) is 0 Å². The lowest BCUT2D eigenvalue weighted by atomic mass is 9.80. The van der Waals surface area contributed by atoms with Crippen LogP contribution in [0.2, 0.25) is 0 Å². The number of H-pyrrole nitrogens is 1. The van der Waals surface area contributed by atoms with Crippen molar-refractivity contribution in [2.24, 2.45) is 5.92 Å². The summed E-state index contributed by atoms with van der Waals surface area (Å²) in [6, 6.07) is 12.5. The molecule has 0 aliphatic carbocycles. The Morgan fingerprint density at radius 1 is 1.10 bits per heavy atom. The fourth-order valence-corrected chi connectivity index (χ4v) is 2.87. The van der Waals surface area contributed by atoms with E-state index >= 15 is 0 Å². The minimum Gasteiger partial charge on any atom is -0.379 e. The van der Waals surface area contributed by atoms with Crippen LogP contribution in [0.25, 0.3) is 10.8 Å². The molecule has 1 aromatic heterocycles. The van der Waals surface area contributed by atoms with Crippen molar-refractivity contribution < 1.29 is 5.11 Å². The molecule has 0 saturated heterocycles. The average Bonchev–Trinajstić information content (AvgIpc) is 3.00. The number of hydrogen-bond acceptors (Lipinski definition) is 2. The van der Waals surface area contributed by atoms with Gasteiger partial charge in [0.1, 0.15) is 5.60 Å². The van der Waals surface area contributed by atoms with E-state index in [-0.39, 0.29) is 5.92 Å². The summed E-state index contributed by atoms with van der Waals surface area (Å²) in [6.45, 7) is 6.11. The van der Waals surface area contributed by atoms with Gasteiger partial charge in [0.15, 0.2) is 0 Å². The van der Waals surface area contributed by atoms with Crippen LogP contribution in [0.3, 0.4) is 0 Å². The van der Waals surface area contributed by atoms with Gasteiger partial charge < -0.3 is 10.1 Å². The zero-order chi connectivity index (χ0) is 15.0. The molecule has 2 N–H and O–H groups in total. The van der Waals surface area contributed by atoms with Gasteiger partial charge in [-0.1, -0.05) is 49.7 Å². The van der Waals surface area contributed by atoms with Crippen molar-refractivity contribution in [2.75, 3.05) is 0 Å². The lowest BCUT2D eigenvalue weighted by molar-refractivity contribution is 0.0281. The van der Waals surface area contributed by atoms with Crippen molar-refractivity contribution in [2.45, 2.75) is 26.4 Å². The van der Waals surface area contributed by atoms with Gasteiger partial charge in [0.25, 0.3) is 0 Å². The molecule has 0 unspecified atom stereocenters. The van der Waals surface area contributed by atoms with E-state index in [0.717, 1.165) is 16.6 Å². The number of aryl methyl sites for hydroxylation is 1. The third kappa shape index (κ3) is 2.24. The monoisotopic (exact) mass is 280 g/mol. The highest BCUT2D eigenvalue weighted by atomic mass is 16.3. The fourth-order valence-electron chi connectivity index (χ4n) is 2.87. The Balaban J connectivity index is 2.19. The average molecular weight is 280 g/mol. The standard InChI is InChI=1S/C18H20N2O/c1-12(2)18(21,17-10-19-11-20-17)16-7-6-14-8-13(3)4-5-15(14)9-16/h4-12,21H,1-3H3,(H,19,20)/t18-/m0/s1. The Hall–Kier alpha value is -2.13. The van der Waals surface area contributed by atoms with E-state index in [2.05, 4.69) is 47.2 Å².